The molecule has 28 heavy (non-hydrogen) atoms. The van der Waals surface area contributed by atoms with Crippen LogP contribution in [-0.2, 0) is 16.0 Å². The Labute approximate surface area is 166 Å². The van der Waals surface area contributed by atoms with E-state index in [1.807, 2.05) is 42.6 Å². The molecule has 0 spiro atoms. The van der Waals surface area contributed by atoms with E-state index in [0.717, 1.165) is 39.3 Å². The van der Waals surface area contributed by atoms with E-state index in [0.29, 0.717) is 18.6 Å². The van der Waals surface area contributed by atoms with Gasteiger partial charge in [0.25, 0.3) is 0 Å². The van der Waals surface area contributed by atoms with Gasteiger partial charge in [-0.3, -0.25) is 4.79 Å². The van der Waals surface area contributed by atoms with Crippen molar-refractivity contribution in [2.24, 2.45) is 0 Å². The van der Waals surface area contributed by atoms with Crippen molar-refractivity contribution in [3.63, 3.8) is 0 Å². The van der Waals surface area contributed by atoms with E-state index >= 15 is 0 Å². The third-order valence-electron chi connectivity index (χ3n) is 5.43. The molecule has 4 rings (SSSR count). The molecule has 1 aliphatic heterocycles. The molecule has 3 heterocycles. The summed E-state index contributed by atoms with van der Waals surface area (Å²) in [5.41, 5.74) is 3.36. The quantitative estimate of drug-likeness (QED) is 0.686. The predicted octanol–water partition coefficient (Wildman–Crippen LogP) is 2.51. The number of carbonyl (C=O) groups excluding carboxylic acids is 1. The van der Waals surface area contributed by atoms with E-state index in [1.165, 1.54) is 0 Å². The lowest BCUT2D eigenvalue weighted by Crippen LogP contribution is -2.54. The Morgan fingerprint density at radius 1 is 1.32 bits per heavy atom. The monoisotopic (exact) mass is 398 g/mol. The van der Waals surface area contributed by atoms with Gasteiger partial charge in [-0.1, -0.05) is 12.1 Å². The Hall–Kier alpha value is -2.61. The number of aryl methyl sites for hydroxylation is 2. The Morgan fingerprint density at radius 3 is 2.82 bits per heavy atom. The first kappa shape index (κ1) is 18.7. The lowest BCUT2D eigenvalue weighted by Gasteiger charge is -2.24. The molecule has 1 saturated heterocycles. The van der Waals surface area contributed by atoms with Gasteiger partial charge in [0, 0.05) is 28.9 Å². The summed E-state index contributed by atoms with van der Waals surface area (Å²) in [5, 5.41) is 17.9. The molecule has 1 amide bonds. The molecule has 1 aromatic carbocycles. The first-order valence-electron chi connectivity index (χ1n) is 9.27. The van der Waals surface area contributed by atoms with Crippen LogP contribution in [0.5, 0.6) is 0 Å². The summed E-state index contributed by atoms with van der Waals surface area (Å²) in [6.45, 7) is 3.92. The fraction of sp³-hybridized carbons (Fsp3) is 0.400. The zero-order valence-corrected chi connectivity index (χ0v) is 16.7. The number of thioether (sulfide) groups is 1. The predicted molar refractivity (Wildman–Crippen MR) is 109 cm³/mol. The summed E-state index contributed by atoms with van der Waals surface area (Å²) in [5.74, 6) is -0.0310. The second-order valence-electron chi connectivity index (χ2n) is 7.25. The summed E-state index contributed by atoms with van der Waals surface area (Å²) in [4.78, 5) is 28.8. The molecule has 0 saturated carbocycles. The number of hydrogen-bond donors (Lipinski definition) is 2. The highest BCUT2D eigenvalue weighted by Crippen LogP contribution is 2.28. The molecule has 0 aliphatic carbocycles. The SMILES string of the molecule is Cc1nc2c3ccccc3nn2c(C)c1CCC(=O)NC1(C(=O)O)CCSC1. The number of rotatable bonds is 5. The fourth-order valence-electron chi connectivity index (χ4n) is 3.79. The fourth-order valence-corrected chi connectivity index (χ4v) is 5.12. The standard InChI is InChI=1S/C20H22N4O3S/c1-12-14(7-8-17(25)22-20(19(26)27)9-10-28-11-20)13(2)24-18(21-12)15-5-3-4-6-16(15)23-24/h3-6H,7-11H2,1-2H3,(H,22,25)(H,26,27). The molecule has 146 valence electrons. The zero-order valence-electron chi connectivity index (χ0n) is 15.9. The topological polar surface area (TPSA) is 96.6 Å². The average Bonchev–Trinajstić information content (AvgIpc) is 3.27. The number of benzene rings is 1. The molecule has 0 bridgehead atoms. The summed E-state index contributed by atoms with van der Waals surface area (Å²) in [7, 11) is 0. The van der Waals surface area contributed by atoms with Gasteiger partial charge in [0.05, 0.1) is 5.52 Å². The Kier molecular flexibility index (Phi) is 4.74. The largest absolute Gasteiger partial charge is 0.479 e. The van der Waals surface area contributed by atoms with Crippen LogP contribution in [0.4, 0.5) is 0 Å². The van der Waals surface area contributed by atoms with Gasteiger partial charge in [0.2, 0.25) is 5.91 Å². The second kappa shape index (κ2) is 7.09. The van der Waals surface area contributed by atoms with Gasteiger partial charge in [-0.05, 0) is 50.1 Å². The maximum atomic E-state index is 12.5. The van der Waals surface area contributed by atoms with E-state index in [-0.39, 0.29) is 12.3 Å². The molecule has 1 unspecified atom stereocenters. The Bertz CT molecular complexity index is 1090. The number of nitrogens with zero attached hydrogens (tertiary/aromatic N) is 3. The lowest BCUT2D eigenvalue weighted by molar-refractivity contribution is -0.146. The van der Waals surface area contributed by atoms with Crippen molar-refractivity contribution in [3.8, 4) is 0 Å². The summed E-state index contributed by atoms with van der Waals surface area (Å²) >= 11 is 1.56. The van der Waals surface area contributed by atoms with Crippen LogP contribution in [0.25, 0.3) is 16.6 Å². The van der Waals surface area contributed by atoms with E-state index < -0.39 is 11.5 Å². The van der Waals surface area contributed by atoms with E-state index in [4.69, 9.17) is 4.98 Å². The second-order valence-corrected chi connectivity index (χ2v) is 8.36. The molecule has 2 N–H and O–H groups in total. The van der Waals surface area contributed by atoms with Crippen molar-refractivity contribution in [1.29, 1.82) is 0 Å². The molecule has 0 radical (unpaired) electrons. The smallest absolute Gasteiger partial charge is 0.330 e. The van der Waals surface area contributed by atoms with Crippen LogP contribution in [0.15, 0.2) is 24.3 Å². The average molecular weight is 398 g/mol. The minimum Gasteiger partial charge on any atom is -0.479 e. The van der Waals surface area contributed by atoms with E-state index in [9.17, 15) is 14.7 Å². The van der Waals surface area contributed by atoms with Gasteiger partial charge in [-0.2, -0.15) is 16.9 Å². The van der Waals surface area contributed by atoms with Crippen molar-refractivity contribution < 1.29 is 14.7 Å². The maximum Gasteiger partial charge on any atom is 0.330 e. The highest BCUT2D eigenvalue weighted by molar-refractivity contribution is 7.99. The molecule has 7 nitrogen and oxygen atoms in total. The van der Waals surface area contributed by atoms with Crippen LogP contribution in [0.2, 0.25) is 0 Å². The first-order chi connectivity index (χ1) is 13.4. The van der Waals surface area contributed by atoms with Crippen LogP contribution in [0.1, 0.15) is 29.8 Å². The number of fused-ring (bicyclic) bond motifs is 3. The number of hydrogen-bond acceptors (Lipinski definition) is 5. The summed E-state index contributed by atoms with van der Waals surface area (Å²) in [6.07, 6.45) is 1.17. The van der Waals surface area contributed by atoms with Gasteiger partial charge < -0.3 is 10.4 Å². The van der Waals surface area contributed by atoms with Gasteiger partial charge >= 0.3 is 5.97 Å². The highest BCUT2D eigenvalue weighted by atomic mass is 32.2. The summed E-state index contributed by atoms with van der Waals surface area (Å²) in [6, 6.07) is 7.87. The number of nitrogens with one attached hydrogen (secondary N) is 1. The normalized spacial score (nSPS) is 19.4. The number of carboxylic acid groups (broad SMARTS) is 1. The number of aromatic nitrogens is 3. The Morgan fingerprint density at radius 2 is 2.11 bits per heavy atom. The van der Waals surface area contributed by atoms with Crippen molar-refractivity contribution in [2.75, 3.05) is 11.5 Å². The van der Waals surface area contributed by atoms with Crippen LogP contribution in [0.3, 0.4) is 0 Å². The van der Waals surface area contributed by atoms with Crippen LogP contribution < -0.4 is 5.32 Å². The lowest BCUT2D eigenvalue weighted by atomic mass is 9.98. The third-order valence-corrected chi connectivity index (χ3v) is 6.62. The Balaban J connectivity index is 1.57. The van der Waals surface area contributed by atoms with Gasteiger partial charge in [-0.15, -0.1) is 0 Å². The minimum atomic E-state index is -1.13. The number of aliphatic carboxylic acids is 1. The van der Waals surface area contributed by atoms with Crippen molar-refractivity contribution in [2.45, 2.75) is 38.6 Å². The number of carbonyl (C=O) groups is 2. The molecule has 2 aromatic heterocycles. The summed E-state index contributed by atoms with van der Waals surface area (Å²) < 4.78 is 1.83. The van der Waals surface area contributed by atoms with Gasteiger partial charge in [0.15, 0.2) is 5.65 Å². The maximum absolute atomic E-state index is 12.5. The molecule has 1 aliphatic rings. The van der Waals surface area contributed by atoms with Gasteiger partial charge in [-0.25, -0.2) is 14.3 Å². The molecular formula is C20H22N4O3S. The van der Waals surface area contributed by atoms with Crippen molar-refractivity contribution in [3.05, 3.63) is 41.2 Å². The van der Waals surface area contributed by atoms with Crippen LogP contribution >= 0.6 is 11.8 Å². The molecule has 1 atom stereocenters. The molecule has 3 aromatic rings. The van der Waals surface area contributed by atoms with Crippen molar-refractivity contribution in [1.82, 2.24) is 19.9 Å². The highest BCUT2D eigenvalue weighted by Gasteiger charge is 2.43. The first-order valence-corrected chi connectivity index (χ1v) is 10.4. The van der Waals surface area contributed by atoms with E-state index in [1.54, 1.807) is 11.8 Å². The van der Waals surface area contributed by atoms with E-state index in [2.05, 4.69) is 10.4 Å². The van der Waals surface area contributed by atoms with Crippen LogP contribution in [-0.4, -0.2) is 48.6 Å². The number of amides is 1. The van der Waals surface area contributed by atoms with Gasteiger partial charge in [0.1, 0.15) is 5.54 Å². The molecule has 8 heteroatoms. The van der Waals surface area contributed by atoms with Crippen LogP contribution in [0, 0.1) is 13.8 Å². The van der Waals surface area contributed by atoms with Crippen molar-refractivity contribution >= 4 is 40.2 Å². The molecule has 1 fully saturated rings. The molecular weight excluding hydrogens is 376 g/mol. The zero-order chi connectivity index (χ0) is 19.9. The minimum absolute atomic E-state index is 0.218. The number of carboxylic acids is 1. The third kappa shape index (κ3) is 3.11.